The molecule has 0 aromatic heterocycles. The molecule has 1 amide bonds. The van der Waals surface area contributed by atoms with Gasteiger partial charge in [0.05, 0.1) is 0 Å². The fourth-order valence-electron chi connectivity index (χ4n) is 0.860. The summed E-state index contributed by atoms with van der Waals surface area (Å²) in [6, 6.07) is 0.356. The van der Waals surface area contributed by atoms with Gasteiger partial charge in [0.1, 0.15) is 6.73 Å². The predicted octanol–water partition coefficient (Wildman–Crippen LogP) is 0.784. The molecule has 0 aliphatic carbocycles. The van der Waals surface area contributed by atoms with Crippen molar-refractivity contribution in [3.63, 3.8) is 0 Å². The Morgan fingerprint density at radius 2 is 2.25 bits per heavy atom. The quantitative estimate of drug-likeness (QED) is 0.640. The Bertz CT molecular complexity index is 155. The number of nitrogens with zero attached hydrogens (tertiary/aromatic N) is 1. The molecular weight excluding hydrogens is 156 g/mol. The SMILES string of the molecule is CC(C)NCOC(=O)N1CCC1. The molecule has 1 aliphatic rings. The number of carbonyl (C=O) groups is 1. The molecule has 0 aromatic carbocycles. The monoisotopic (exact) mass is 172 g/mol. The Balaban J connectivity index is 2.02. The maximum Gasteiger partial charge on any atom is 0.411 e. The number of ether oxygens (including phenoxy) is 1. The van der Waals surface area contributed by atoms with Gasteiger partial charge in [-0.2, -0.15) is 0 Å². The van der Waals surface area contributed by atoms with E-state index in [0.29, 0.717) is 12.8 Å². The molecule has 0 atom stereocenters. The van der Waals surface area contributed by atoms with Crippen molar-refractivity contribution in [2.45, 2.75) is 26.3 Å². The van der Waals surface area contributed by atoms with Gasteiger partial charge in [0, 0.05) is 19.1 Å². The lowest BCUT2D eigenvalue weighted by Crippen LogP contribution is -2.43. The summed E-state index contributed by atoms with van der Waals surface area (Å²) in [5, 5.41) is 3.01. The summed E-state index contributed by atoms with van der Waals surface area (Å²) < 4.78 is 4.93. The molecule has 1 aliphatic heterocycles. The normalized spacial score (nSPS) is 16.1. The first kappa shape index (κ1) is 9.32. The highest BCUT2D eigenvalue weighted by Gasteiger charge is 2.20. The largest absolute Gasteiger partial charge is 0.433 e. The van der Waals surface area contributed by atoms with E-state index in [1.807, 2.05) is 13.8 Å². The third-order valence-corrected chi connectivity index (χ3v) is 1.80. The number of nitrogens with one attached hydrogen (secondary N) is 1. The average molecular weight is 172 g/mol. The average Bonchev–Trinajstić information content (AvgIpc) is 1.81. The molecular formula is C8H16N2O2. The van der Waals surface area contributed by atoms with Gasteiger partial charge < -0.3 is 9.64 Å². The molecule has 1 heterocycles. The van der Waals surface area contributed by atoms with Crippen LogP contribution in [-0.4, -0.2) is 36.9 Å². The fraction of sp³-hybridized carbons (Fsp3) is 0.875. The molecule has 0 unspecified atom stereocenters. The second-order valence-corrected chi connectivity index (χ2v) is 3.25. The molecule has 0 saturated carbocycles. The van der Waals surface area contributed by atoms with Gasteiger partial charge in [-0.3, -0.25) is 5.32 Å². The summed E-state index contributed by atoms with van der Waals surface area (Å²) in [5.74, 6) is 0. The Kier molecular flexibility index (Phi) is 3.34. The first-order valence-corrected chi connectivity index (χ1v) is 4.35. The van der Waals surface area contributed by atoms with Crippen molar-refractivity contribution >= 4 is 6.09 Å². The first-order valence-electron chi connectivity index (χ1n) is 4.35. The number of rotatable bonds is 3. The van der Waals surface area contributed by atoms with Crippen LogP contribution in [0.2, 0.25) is 0 Å². The number of hydrogen-bond acceptors (Lipinski definition) is 3. The molecule has 4 heteroatoms. The van der Waals surface area contributed by atoms with Crippen LogP contribution in [0.1, 0.15) is 20.3 Å². The number of carbonyl (C=O) groups excluding carboxylic acids is 1. The summed E-state index contributed by atoms with van der Waals surface area (Å²) in [6.07, 6.45) is 0.904. The van der Waals surface area contributed by atoms with Crippen LogP contribution >= 0.6 is 0 Å². The van der Waals surface area contributed by atoms with Gasteiger partial charge >= 0.3 is 6.09 Å². The van der Waals surface area contributed by atoms with Crippen molar-refractivity contribution in [2.75, 3.05) is 19.8 Å². The van der Waals surface area contributed by atoms with Crippen molar-refractivity contribution < 1.29 is 9.53 Å². The fourth-order valence-corrected chi connectivity index (χ4v) is 0.860. The number of hydrogen-bond donors (Lipinski definition) is 1. The van der Waals surface area contributed by atoms with E-state index in [9.17, 15) is 4.79 Å². The smallest absolute Gasteiger partial charge is 0.411 e. The van der Waals surface area contributed by atoms with Crippen LogP contribution in [0.25, 0.3) is 0 Å². The van der Waals surface area contributed by atoms with Crippen molar-refractivity contribution in [1.29, 1.82) is 0 Å². The Labute approximate surface area is 72.9 Å². The van der Waals surface area contributed by atoms with E-state index < -0.39 is 0 Å². The van der Waals surface area contributed by atoms with Crippen molar-refractivity contribution in [3.05, 3.63) is 0 Å². The van der Waals surface area contributed by atoms with Crippen molar-refractivity contribution in [3.8, 4) is 0 Å². The Morgan fingerprint density at radius 1 is 1.58 bits per heavy atom. The third kappa shape index (κ3) is 2.70. The summed E-state index contributed by atoms with van der Waals surface area (Å²) in [4.78, 5) is 12.8. The van der Waals surface area contributed by atoms with E-state index in [4.69, 9.17) is 4.74 Å². The second-order valence-electron chi connectivity index (χ2n) is 3.25. The van der Waals surface area contributed by atoms with Crippen LogP contribution in [0.4, 0.5) is 4.79 Å². The van der Waals surface area contributed by atoms with Crippen LogP contribution in [0.5, 0.6) is 0 Å². The van der Waals surface area contributed by atoms with Gasteiger partial charge in [-0.25, -0.2) is 4.79 Å². The topological polar surface area (TPSA) is 41.6 Å². The highest BCUT2D eigenvalue weighted by Crippen LogP contribution is 2.06. The van der Waals surface area contributed by atoms with Crippen molar-refractivity contribution in [2.24, 2.45) is 0 Å². The minimum atomic E-state index is -0.200. The highest BCUT2D eigenvalue weighted by molar-refractivity contribution is 5.68. The Hall–Kier alpha value is -0.770. The zero-order valence-corrected chi connectivity index (χ0v) is 7.67. The van der Waals surface area contributed by atoms with E-state index >= 15 is 0 Å². The van der Waals surface area contributed by atoms with E-state index in [-0.39, 0.29) is 6.09 Å². The first-order chi connectivity index (χ1) is 5.70. The zero-order valence-electron chi connectivity index (χ0n) is 7.67. The maximum atomic E-state index is 11.1. The minimum absolute atomic E-state index is 0.200. The molecule has 12 heavy (non-hydrogen) atoms. The van der Waals surface area contributed by atoms with Gasteiger partial charge in [0.25, 0.3) is 0 Å². The number of amides is 1. The molecule has 0 aromatic rings. The summed E-state index contributed by atoms with van der Waals surface area (Å²) in [7, 11) is 0. The van der Waals surface area contributed by atoms with Gasteiger partial charge in [0.15, 0.2) is 0 Å². The predicted molar refractivity (Wildman–Crippen MR) is 45.8 cm³/mol. The molecule has 0 bridgehead atoms. The number of likely N-dealkylation sites (tertiary alicyclic amines) is 1. The second kappa shape index (κ2) is 4.30. The maximum absolute atomic E-state index is 11.1. The lowest BCUT2D eigenvalue weighted by molar-refractivity contribution is 0.0730. The molecule has 1 rings (SSSR count). The van der Waals surface area contributed by atoms with Crippen LogP contribution in [0.15, 0.2) is 0 Å². The van der Waals surface area contributed by atoms with Gasteiger partial charge in [-0.15, -0.1) is 0 Å². The van der Waals surface area contributed by atoms with Crippen LogP contribution < -0.4 is 5.32 Å². The summed E-state index contributed by atoms with van der Waals surface area (Å²) >= 11 is 0. The van der Waals surface area contributed by atoms with E-state index in [2.05, 4.69) is 5.32 Å². The van der Waals surface area contributed by atoms with Gasteiger partial charge in [0.2, 0.25) is 0 Å². The highest BCUT2D eigenvalue weighted by atomic mass is 16.6. The molecule has 4 nitrogen and oxygen atoms in total. The van der Waals surface area contributed by atoms with E-state index in [0.717, 1.165) is 19.5 Å². The molecule has 1 N–H and O–H groups in total. The molecule has 1 fully saturated rings. The van der Waals surface area contributed by atoms with E-state index in [1.54, 1.807) is 4.90 Å². The van der Waals surface area contributed by atoms with Crippen molar-refractivity contribution in [1.82, 2.24) is 10.2 Å². The Morgan fingerprint density at radius 3 is 2.67 bits per heavy atom. The minimum Gasteiger partial charge on any atom is -0.433 e. The molecule has 0 spiro atoms. The van der Waals surface area contributed by atoms with Crippen LogP contribution in [0, 0.1) is 0 Å². The molecule has 70 valence electrons. The molecule has 1 saturated heterocycles. The standard InChI is InChI=1S/C8H16N2O2/c1-7(2)9-6-12-8(11)10-4-3-5-10/h7,9H,3-6H2,1-2H3. The van der Waals surface area contributed by atoms with Gasteiger partial charge in [-0.05, 0) is 20.3 Å². The third-order valence-electron chi connectivity index (χ3n) is 1.80. The van der Waals surface area contributed by atoms with Crippen LogP contribution in [-0.2, 0) is 4.74 Å². The molecule has 0 radical (unpaired) electrons. The summed E-state index contributed by atoms with van der Waals surface area (Å²) in [5.41, 5.74) is 0. The zero-order chi connectivity index (χ0) is 8.97. The van der Waals surface area contributed by atoms with Gasteiger partial charge in [-0.1, -0.05) is 0 Å². The van der Waals surface area contributed by atoms with Crippen LogP contribution in [0.3, 0.4) is 0 Å². The lowest BCUT2D eigenvalue weighted by atomic mass is 10.2. The lowest BCUT2D eigenvalue weighted by Gasteiger charge is -2.29. The summed E-state index contributed by atoms with van der Waals surface area (Å²) in [6.45, 7) is 6.03. The van der Waals surface area contributed by atoms with E-state index in [1.165, 1.54) is 0 Å².